The largest absolute Gasteiger partial charge is 0.493 e. The van der Waals surface area contributed by atoms with Crippen molar-refractivity contribution in [2.24, 2.45) is 0 Å². The van der Waals surface area contributed by atoms with Crippen molar-refractivity contribution in [3.63, 3.8) is 0 Å². The molecule has 31 heavy (non-hydrogen) atoms. The van der Waals surface area contributed by atoms with Crippen LogP contribution in [-0.2, 0) is 24.2 Å². The Kier molecular flexibility index (Phi) is 6.16. The summed E-state index contributed by atoms with van der Waals surface area (Å²) < 4.78 is 29.1. The molecule has 2 heterocycles. The first-order valence-electron chi connectivity index (χ1n) is 10.2. The number of benzene rings is 2. The maximum absolute atomic E-state index is 13.0. The van der Waals surface area contributed by atoms with Crippen molar-refractivity contribution in [2.75, 3.05) is 20.8 Å². The lowest BCUT2D eigenvalue weighted by molar-refractivity contribution is -0.132. The van der Waals surface area contributed by atoms with E-state index in [1.165, 1.54) is 17.7 Å². The van der Waals surface area contributed by atoms with Gasteiger partial charge in [0.15, 0.2) is 11.5 Å². The normalized spacial score (nSPS) is 13.1. The van der Waals surface area contributed by atoms with E-state index in [4.69, 9.17) is 14.0 Å². The Morgan fingerprint density at radius 3 is 2.55 bits per heavy atom. The van der Waals surface area contributed by atoms with E-state index in [9.17, 15) is 9.18 Å². The standard InChI is InChI=1S/C23H24FN3O4/c1-29-19-12-16-10-11-27(14-17(16)13-20(19)30-2)22(28)5-3-4-21-25-23(26-31-21)15-6-8-18(24)9-7-15/h6-9,12-13H,3-5,10-11,14H2,1-2H3. The first-order chi connectivity index (χ1) is 15.1. The molecule has 1 aliphatic heterocycles. The molecule has 0 unspecified atom stereocenters. The fourth-order valence-corrected chi connectivity index (χ4v) is 3.72. The number of carbonyl (C=O) groups excluding carboxylic acids is 1. The zero-order valence-corrected chi connectivity index (χ0v) is 17.6. The van der Waals surface area contributed by atoms with Crippen molar-refractivity contribution in [1.29, 1.82) is 0 Å². The van der Waals surface area contributed by atoms with Crippen LogP contribution in [0.2, 0.25) is 0 Å². The molecule has 0 radical (unpaired) electrons. The molecule has 7 nitrogen and oxygen atoms in total. The highest BCUT2D eigenvalue weighted by molar-refractivity contribution is 5.76. The van der Waals surface area contributed by atoms with E-state index < -0.39 is 0 Å². The monoisotopic (exact) mass is 425 g/mol. The third-order valence-electron chi connectivity index (χ3n) is 5.42. The van der Waals surface area contributed by atoms with Crippen molar-refractivity contribution >= 4 is 5.91 Å². The number of aromatic nitrogens is 2. The summed E-state index contributed by atoms with van der Waals surface area (Å²) in [6.07, 6.45) is 2.30. The van der Waals surface area contributed by atoms with Crippen molar-refractivity contribution < 1.29 is 23.2 Å². The Balaban J connectivity index is 1.31. The van der Waals surface area contributed by atoms with E-state index in [2.05, 4.69) is 10.1 Å². The fraction of sp³-hybridized carbons (Fsp3) is 0.348. The van der Waals surface area contributed by atoms with Crippen LogP contribution in [0.5, 0.6) is 11.5 Å². The van der Waals surface area contributed by atoms with Gasteiger partial charge in [-0.3, -0.25) is 4.79 Å². The molecule has 0 saturated carbocycles. The highest BCUT2D eigenvalue weighted by atomic mass is 19.1. The topological polar surface area (TPSA) is 77.7 Å². The summed E-state index contributed by atoms with van der Waals surface area (Å²) >= 11 is 0. The van der Waals surface area contributed by atoms with Gasteiger partial charge in [0, 0.05) is 31.5 Å². The van der Waals surface area contributed by atoms with Gasteiger partial charge in [0.05, 0.1) is 14.2 Å². The van der Waals surface area contributed by atoms with Crippen LogP contribution in [0.3, 0.4) is 0 Å². The summed E-state index contributed by atoms with van der Waals surface area (Å²) in [6.45, 7) is 1.24. The maximum atomic E-state index is 13.0. The van der Waals surface area contributed by atoms with E-state index >= 15 is 0 Å². The van der Waals surface area contributed by atoms with Crippen molar-refractivity contribution in [3.05, 3.63) is 59.2 Å². The predicted octanol–water partition coefficient (Wildman–Crippen LogP) is 3.80. The number of nitrogens with zero attached hydrogens (tertiary/aromatic N) is 3. The van der Waals surface area contributed by atoms with Gasteiger partial charge in [-0.2, -0.15) is 4.98 Å². The van der Waals surface area contributed by atoms with Gasteiger partial charge in [0.25, 0.3) is 0 Å². The van der Waals surface area contributed by atoms with E-state index in [-0.39, 0.29) is 11.7 Å². The summed E-state index contributed by atoms with van der Waals surface area (Å²) in [5, 5.41) is 3.93. The molecular formula is C23H24FN3O4. The lowest BCUT2D eigenvalue weighted by Crippen LogP contribution is -2.35. The smallest absolute Gasteiger partial charge is 0.226 e. The minimum Gasteiger partial charge on any atom is -0.493 e. The Morgan fingerprint density at radius 1 is 1.13 bits per heavy atom. The highest BCUT2D eigenvalue weighted by Gasteiger charge is 2.22. The van der Waals surface area contributed by atoms with Gasteiger partial charge in [-0.15, -0.1) is 0 Å². The number of ether oxygens (including phenoxy) is 2. The molecule has 1 aliphatic rings. The number of hydrogen-bond acceptors (Lipinski definition) is 6. The van der Waals surface area contributed by atoms with E-state index in [1.807, 2.05) is 17.0 Å². The number of methoxy groups -OCH3 is 2. The maximum Gasteiger partial charge on any atom is 0.226 e. The molecule has 0 aliphatic carbocycles. The van der Waals surface area contributed by atoms with Gasteiger partial charge >= 0.3 is 0 Å². The van der Waals surface area contributed by atoms with E-state index in [0.717, 1.165) is 12.0 Å². The van der Waals surface area contributed by atoms with Gasteiger partial charge in [-0.25, -0.2) is 4.39 Å². The Labute approximate surface area is 179 Å². The molecule has 0 atom stereocenters. The first kappa shape index (κ1) is 20.8. The summed E-state index contributed by atoms with van der Waals surface area (Å²) in [4.78, 5) is 18.9. The number of rotatable bonds is 7. The average molecular weight is 425 g/mol. The molecule has 0 saturated heterocycles. The van der Waals surface area contributed by atoms with Crippen LogP contribution in [0.4, 0.5) is 4.39 Å². The number of halogens is 1. The lowest BCUT2D eigenvalue weighted by Gasteiger charge is -2.29. The zero-order valence-electron chi connectivity index (χ0n) is 17.6. The summed E-state index contributed by atoms with van der Waals surface area (Å²) in [5.41, 5.74) is 2.95. The van der Waals surface area contributed by atoms with Gasteiger partial charge in [0.2, 0.25) is 17.6 Å². The Morgan fingerprint density at radius 2 is 1.84 bits per heavy atom. The summed E-state index contributed by atoms with van der Waals surface area (Å²) in [6, 6.07) is 9.85. The predicted molar refractivity (Wildman–Crippen MR) is 111 cm³/mol. The van der Waals surface area contributed by atoms with Gasteiger partial charge in [0.1, 0.15) is 5.82 Å². The summed E-state index contributed by atoms with van der Waals surface area (Å²) in [5.74, 6) is 2.04. The highest BCUT2D eigenvalue weighted by Crippen LogP contribution is 2.33. The molecule has 0 N–H and O–H groups in total. The third-order valence-corrected chi connectivity index (χ3v) is 5.42. The van der Waals surface area contributed by atoms with Crippen LogP contribution in [0.1, 0.15) is 29.9 Å². The second-order valence-corrected chi connectivity index (χ2v) is 7.41. The molecule has 2 aromatic carbocycles. The molecule has 4 rings (SSSR count). The zero-order chi connectivity index (χ0) is 21.8. The van der Waals surface area contributed by atoms with Crippen molar-refractivity contribution in [1.82, 2.24) is 15.0 Å². The van der Waals surface area contributed by atoms with Crippen molar-refractivity contribution in [2.45, 2.75) is 32.2 Å². The number of aryl methyl sites for hydroxylation is 1. The molecule has 0 fully saturated rings. The number of fused-ring (bicyclic) bond motifs is 1. The Hall–Kier alpha value is -3.42. The SMILES string of the molecule is COc1cc2c(cc1OC)CN(C(=O)CCCc1nc(-c3ccc(F)cc3)no1)CC2. The molecule has 1 amide bonds. The van der Waals surface area contributed by atoms with E-state index in [1.54, 1.807) is 26.4 Å². The fourth-order valence-electron chi connectivity index (χ4n) is 3.72. The quantitative estimate of drug-likeness (QED) is 0.573. The summed E-state index contributed by atoms with van der Waals surface area (Å²) in [7, 11) is 3.23. The van der Waals surface area contributed by atoms with Crippen LogP contribution in [0, 0.1) is 5.82 Å². The molecule has 162 valence electrons. The van der Waals surface area contributed by atoms with E-state index in [0.29, 0.717) is 61.1 Å². The number of carbonyl (C=O) groups is 1. The third kappa shape index (κ3) is 4.68. The van der Waals surface area contributed by atoms with Gasteiger partial charge in [-0.1, -0.05) is 5.16 Å². The molecule has 0 bridgehead atoms. The van der Waals surface area contributed by atoms with Crippen molar-refractivity contribution in [3.8, 4) is 22.9 Å². The molecule has 0 spiro atoms. The minimum atomic E-state index is -0.316. The van der Waals surface area contributed by atoms with Gasteiger partial charge in [-0.05, 0) is 60.4 Å². The second-order valence-electron chi connectivity index (χ2n) is 7.41. The first-order valence-corrected chi connectivity index (χ1v) is 10.2. The lowest BCUT2D eigenvalue weighted by atomic mass is 9.98. The Bertz CT molecular complexity index is 1070. The van der Waals surface area contributed by atoms with Crippen LogP contribution in [-0.4, -0.2) is 41.7 Å². The van der Waals surface area contributed by atoms with Gasteiger partial charge < -0.3 is 18.9 Å². The molecule has 3 aromatic rings. The average Bonchev–Trinajstić information content (AvgIpc) is 3.27. The number of amides is 1. The minimum absolute atomic E-state index is 0.0960. The van der Waals surface area contributed by atoms with Crippen LogP contribution < -0.4 is 9.47 Å². The number of hydrogen-bond donors (Lipinski definition) is 0. The van der Waals surface area contributed by atoms with Crippen LogP contribution in [0.25, 0.3) is 11.4 Å². The molecule has 1 aromatic heterocycles. The van der Waals surface area contributed by atoms with Crippen LogP contribution >= 0.6 is 0 Å². The van der Waals surface area contributed by atoms with Crippen LogP contribution in [0.15, 0.2) is 40.9 Å². The second kappa shape index (κ2) is 9.16. The molecular weight excluding hydrogens is 401 g/mol. The molecule has 8 heteroatoms.